The van der Waals surface area contributed by atoms with Crippen LogP contribution in [0.4, 0.5) is 18.9 Å². The monoisotopic (exact) mass is 521 g/mol. The first kappa shape index (κ1) is 24.4. The van der Waals surface area contributed by atoms with Crippen LogP contribution in [0.1, 0.15) is 41.5 Å². The molecule has 11 heteroatoms. The van der Waals surface area contributed by atoms with E-state index in [1.54, 1.807) is 26.0 Å². The molecule has 2 aromatic heterocycles. The van der Waals surface area contributed by atoms with Crippen molar-refractivity contribution in [2.45, 2.75) is 26.1 Å². The van der Waals surface area contributed by atoms with Gasteiger partial charge in [-0.05, 0) is 51.2 Å². The normalized spacial score (nSPS) is 16.3. The third-order valence-corrected chi connectivity index (χ3v) is 7.15. The predicted octanol–water partition coefficient (Wildman–Crippen LogP) is 5.02. The van der Waals surface area contributed by atoms with Crippen LogP contribution in [0.2, 0.25) is 0 Å². The van der Waals surface area contributed by atoms with Gasteiger partial charge in [-0.1, -0.05) is 6.07 Å². The summed E-state index contributed by atoms with van der Waals surface area (Å²) in [5.74, 6) is 0.0487. The number of hydrogen-bond acceptors (Lipinski definition) is 5. The number of anilines is 1. The maximum atomic E-state index is 13.5. The topological polar surface area (TPSA) is 82.4 Å². The molecule has 6 rings (SSSR count). The molecule has 1 saturated heterocycles. The third-order valence-electron chi connectivity index (χ3n) is 7.15. The molecule has 1 N–H and O–H groups in total. The van der Waals surface area contributed by atoms with Crippen molar-refractivity contribution in [1.29, 1.82) is 0 Å². The zero-order valence-corrected chi connectivity index (χ0v) is 21.2. The standard InChI is InChI=1S/C27H26F3N7O/c1-15(2)37-22(13-23(34-37)27(28,29)30)17-5-6-18(24-19(17)14-31-26(24)38)25-32-20-7-4-16(12-21(20)33-25)36-10-8-35(3)9-11-36/h4-7,12-15H,8-11H2,1-3H3,(H,32,33). The Kier molecular flexibility index (Phi) is 5.64. The molecule has 0 radical (unpaired) electrons. The number of aromatic amines is 1. The van der Waals surface area contributed by atoms with E-state index in [-0.39, 0.29) is 11.7 Å². The van der Waals surface area contributed by atoms with E-state index < -0.39 is 17.8 Å². The molecular formula is C27H26F3N7O. The van der Waals surface area contributed by atoms with Crippen LogP contribution in [0.25, 0.3) is 33.7 Å². The number of piperazine rings is 1. The molecule has 0 atom stereocenters. The number of imidazole rings is 1. The van der Waals surface area contributed by atoms with Gasteiger partial charge in [0.25, 0.3) is 5.91 Å². The minimum absolute atomic E-state index is 0.276. The van der Waals surface area contributed by atoms with Crippen molar-refractivity contribution in [3.8, 4) is 22.6 Å². The molecule has 8 nitrogen and oxygen atoms in total. The first-order chi connectivity index (χ1) is 18.1. The van der Waals surface area contributed by atoms with Crippen LogP contribution < -0.4 is 4.90 Å². The Morgan fingerprint density at radius 1 is 1.00 bits per heavy atom. The molecule has 2 aromatic carbocycles. The van der Waals surface area contributed by atoms with E-state index in [1.165, 1.54) is 10.9 Å². The first-order valence-corrected chi connectivity index (χ1v) is 12.5. The molecule has 2 aliphatic rings. The average molecular weight is 522 g/mol. The number of fused-ring (bicyclic) bond motifs is 2. The minimum Gasteiger partial charge on any atom is -0.369 e. The fourth-order valence-corrected chi connectivity index (χ4v) is 5.10. The number of carbonyl (C=O) groups excluding carboxylic acids is 1. The summed E-state index contributed by atoms with van der Waals surface area (Å²) in [5.41, 5.74) is 3.77. The molecule has 2 aliphatic heterocycles. The Morgan fingerprint density at radius 3 is 2.45 bits per heavy atom. The number of carbonyl (C=O) groups is 1. The Bertz CT molecular complexity index is 1590. The number of H-pyrrole nitrogens is 1. The van der Waals surface area contributed by atoms with E-state index in [0.717, 1.165) is 49.0 Å². The van der Waals surface area contributed by atoms with Crippen molar-refractivity contribution < 1.29 is 18.0 Å². The number of rotatable bonds is 4. The summed E-state index contributed by atoms with van der Waals surface area (Å²) in [4.78, 5) is 29.6. The van der Waals surface area contributed by atoms with Crippen LogP contribution in [0.5, 0.6) is 0 Å². The van der Waals surface area contributed by atoms with Crippen LogP contribution in [-0.2, 0) is 6.18 Å². The number of amides is 1. The SMILES string of the molecule is CC(C)n1nc(C(F)(F)F)cc1-c1ccc(-c2nc3cc(N4CCN(C)CC4)ccc3[nH]2)c2c1C=NC2=O. The summed E-state index contributed by atoms with van der Waals surface area (Å²) in [5, 5.41) is 3.80. The van der Waals surface area contributed by atoms with Crippen molar-refractivity contribution >= 4 is 28.8 Å². The lowest BCUT2D eigenvalue weighted by atomic mass is 9.95. The Balaban J connectivity index is 1.43. The molecule has 1 fully saturated rings. The number of hydrogen-bond donors (Lipinski definition) is 1. The van der Waals surface area contributed by atoms with Gasteiger partial charge in [0.15, 0.2) is 5.69 Å². The highest BCUT2D eigenvalue weighted by molar-refractivity contribution is 6.19. The first-order valence-electron chi connectivity index (χ1n) is 12.5. The highest BCUT2D eigenvalue weighted by Crippen LogP contribution is 2.39. The van der Waals surface area contributed by atoms with Gasteiger partial charge in [-0.3, -0.25) is 9.48 Å². The number of alkyl halides is 3. The quantitative estimate of drug-likeness (QED) is 0.408. The van der Waals surface area contributed by atoms with Gasteiger partial charge in [-0.25, -0.2) is 9.98 Å². The largest absolute Gasteiger partial charge is 0.435 e. The van der Waals surface area contributed by atoms with Gasteiger partial charge in [-0.2, -0.15) is 18.3 Å². The zero-order chi connectivity index (χ0) is 26.8. The summed E-state index contributed by atoms with van der Waals surface area (Å²) in [6.45, 7) is 7.37. The van der Waals surface area contributed by atoms with Gasteiger partial charge in [0.2, 0.25) is 0 Å². The lowest BCUT2D eigenvalue weighted by Gasteiger charge is -2.34. The van der Waals surface area contributed by atoms with Crippen molar-refractivity contribution in [3.05, 3.63) is 53.2 Å². The summed E-state index contributed by atoms with van der Waals surface area (Å²) < 4.78 is 41.8. The van der Waals surface area contributed by atoms with Crippen molar-refractivity contribution in [2.24, 2.45) is 4.99 Å². The molecule has 4 heterocycles. The number of nitrogens with zero attached hydrogens (tertiary/aromatic N) is 6. The Labute approximate surface area is 216 Å². The van der Waals surface area contributed by atoms with Gasteiger partial charge in [0, 0.05) is 60.8 Å². The van der Waals surface area contributed by atoms with E-state index in [4.69, 9.17) is 4.98 Å². The van der Waals surface area contributed by atoms with Gasteiger partial charge in [0.1, 0.15) is 5.82 Å². The van der Waals surface area contributed by atoms with E-state index >= 15 is 0 Å². The second-order valence-electron chi connectivity index (χ2n) is 10.0. The van der Waals surface area contributed by atoms with E-state index in [2.05, 4.69) is 38.0 Å². The summed E-state index contributed by atoms with van der Waals surface area (Å²) in [7, 11) is 2.11. The maximum Gasteiger partial charge on any atom is 0.435 e. The van der Waals surface area contributed by atoms with Crippen LogP contribution in [-0.4, -0.2) is 70.0 Å². The highest BCUT2D eigenvalue weighted by Gasteiger charge is 2.36. The van der Waals surface area contributed by atoms with Crippen molar-refractivity contribution in [2.75, 3.05) is 38.1 Å². The second-order valence-corrected chi connectivity index (χ2v) is 10.0. The number of benzene rings is 2. The lowest BCUT2D eigenvalue weighted by molar-refractivity contribution is -0.141. The molecule has 0 aliphatic carbocycles. The maximum absolute atomic E-state index is 13.5. The molecule has 0 saturated carbocycles. The van der Waals surface area contributed by atoms with Gasteiger partial charge in [-0.15, -0.1) is 0 Å². The van der Waals surface area contributed by atoms with E-state index in [1.807, 2.05) is 12.1 Å². The Hall–Kier alpha value is -3.99. The number of aromatic nitrogens is 4. The average Bonchev–Trinajstić information content (AvgIpc) is 3.60. The molecule has 38 heavy (non-hydrogen) atoms. The summed E-state index contributed by atoms with van der Waals surface area (Å²) in [6.07, 6.45) is -3.17. The lowest BCUT2D eigenvalue weighted by Crippen LogP contribution is -2.44. The van der Waals surface area contributed by atoms with E-state index in [9.17, 15) is 18.0 Å². The van der Waals surface area contributed by atoms with E-state index in [0.29, 0.717) is 28.1 Å². The number of halogens is 3. The van der Waals surface area contributed by atoms with Crippen LogP contribution in [0.3, 0.4) is 0 Å². The summed E-state index contributed by atoms with van der Waals surface area (Å²) in [6, 6.07) is 10.2. The van der Waals surface area contributed by atoms with Crippen molar-refractivity contribution in [3.63, 3.8) is 0 Å². The fourth-order valence-electron chi connectivity index (χ4n) is 5.10. The van der Waals surface area contributed by atoms with Crippen LogP contribution in [0, 0.1) is 0 Å². The molecule has 0 bridgehead atoms. The zero-order valence-electron chi connectivity index (χ0n) is 21.2. The van der Waals surface area contributed by atoms with Gasteiger partial charge >= 0.3 is 6.18 Å². The number of aliphatic imine (C=N–C) groups is 1. The van der Waals surface area contributed by atoms with Gasteiger partial charge < -0.3 is 14.8 Å². The van der Waals surface area contributed by atoms with Crippen LogP contribution in [0.15, 0.2) is 41.4 Å². The summed E-state index contributed by atoms with van der Waals surface area (Å²) >= 11 is 0. The second kappa shape index (κ2) is 8.80. The number of likely N-dealkylation sites (N-methyl/N-ethyl adjacent to an activating group) is 1. The number of nitrogens with one attached hydrogen (secondary N) is 1. The smallest absolute Gasteiger partial charge is 0.369 e. The van der Waals surface area contributed by atoms with Crippen LogP contribution >= 0.6 is 0 Å². The molecule has 196 valence electrons. The fraction of sp³-hybridized carbons (Fsp3) is 0.333. The molecule has 1 amide bonds. The molecule has 4 aromatic rings. The van der Waals surface area contributed by atoms with Gasteiger partial charge in [0.05, 0.1) is 22.3 Å². The highest BCUT2D eigenvalue weighted by atomic mass is 19.4. The molecular weight excluding hydrogens is 495 g/mol. The predicted molar refractivity (Wildman–Crippen MR) is 140 cm³/mol. The minimum atomic E-state index is -4.58. The third kappa shape index (κ3) is 4.07. The molecule has 0 spiro atoms. The molecule has 0 unspecified atom stereocenters. The Morgan fingerprint density at radius 2 is 1.74 bits per heavy atom. The van der Waals surface area contributed by atoms with Crippen molar-refractivity contribution in [1.82, 2.24) is 24.6 Å².